The molecule has 0 saturated heterocycles. The van der Waals surface area contributed by atoms with Gasteiger partial charge in [-0.2, -0.15) is 4.72 Å². The van der Waals surface area contributed by atoms with Crippen LogP contribution in [-0.4, -0.2) is 38.0 Å². The molecule has 36 heavy (non-hydrogen) atoms. The molecule has 0 fully saturated rings. The largest absolute Gasteiger partial charge is 0.480 e. The number of hydrogen-bond acceptors (Lipinski definition) is 5. The fourth-order valence-corrected chi connectivity index (χ4v) is 5.30. The zero-order valence-corrected chi connectivity index (χ0v) is 20.5. The Balaban J connectivity index is 1.31. The van der Waals surface area contributed by atoms with Crippen molar-refractivity contribution in [2.75, 3.05) is 6.54 Å². The lowest BCUT2D eigenvalue weighted by molar-refractivity contribution is -0.139. The fraction of sp³-hybridized carbons (Fsp3) is 0.259. The quantitative estimate of drug-likeness (QED) is 0.246. The summed E-state index contributed by atoms with van der Waals surface area (Å²) >= 11 is 0. The van der Waals surface area contributed by atoms with E-state index in [9.17, 15) is 23.1 Å². The monoisotopic (exact) mass is 508 g/mol. The highest BCUT2D eigenvalue weighted by Gasteiger charge is 2.26. The number of carbonyl (C=O) groups is 2. The molecule has 1 aromatic heterocycles. The Hall–Kier alpha value is -3.69. The molecule has 0 aliphatic heterocycles. The van der Waals surface area contributed by atoms with Crippen LogP contribution < -0.4 is 10.0 Å². The molecular weight excluding hydrogens is 480 g/mol. The molecule has 0 aliphatic rings. The summed E-state index contributed by atoms with van der Waals surface area (Å²) in [5, 5.41) is 13.7. The van der Waals surface area contributed by atoms with Gasteiger partial charge in [-0.3, -0.25) is 9.59 Å². The number of para-hydroxylation sites is 1. The first-order valence-corrected chi connectivity index (χ1v) is 13.3. The minimum absolute atomic E-state index is 0.0735. The number of carboxylic acid groups (broad SMARTS) is 1. The molecule has 0 spiro atoms. The van der Waals surface area contributed by atoms with Gasteiger partial charge in [-0.05, 0) is 55.5 Å². The zero-order chi connectivity index (χ0) is 25.5. The lowest BCUT2D eigenvalue weighted by Gasteiger charge is -2.15. The number of hydrogen-bond donors (Lipinski definition) is 3. The van der Waals surface area contributed by atoms with Crippen LogP contribution in [0.1, 0.15) is 31.2 Å². The van der Waals surface area contributed by atoms with E-state index in [0.717, 1.165) is 24.6 Å². The van der Waals surface area contributed by atoms with Gasteiger partial charge in [-0.1, -0.05) is 48.5 Å². The maximum absolute atomic E-state index is 12.9. The number of nitrogens with one attached hydrogen (secondary N) is 2. The van der Waals surface area contributed by atoms with Crippen molar-refractivity contribution in [3.05, 3.63) is 78.4 Å². The molecule has 4 rings (SSSR count). The number of aryl methyl sites for hydroxylation is 1. The van der Waals surface area contributed by atoms with E-state index in [0.29, 0.717) is 23.1 Å². The third-order valence-corrected chi connectivity index (χ3v) is 7.44. The fourth-order valence-electron chi connectivity index (χ4n) is 4.05. The summed E-state index contributed by atoms with van der Waals surface area (Å²) in [6.45, 7) is 0.480. The number of rotatable bonds is 12. The molecule has 188 valence electrons. The number of fused-ring (bicyclic) bond motifs is 3. The molecule has 3 aromatic carbocycles. The van der Waals surface area contributed by atoms with Crippen molar-refractivity contribution in [2.24, 2.45) is 0 Å². The number of sulfonamides is 1. The first-order chi connectivity index (χ1) is 17.3. The predicted molar refractivity (Wildman–Crippen MR) is 137 cm³/mol. The van der Waals surface area contributed by atoms with E-state index in [1.54, 1.807) is 12.1 Å². The summed E-state index contributed by atoms with van der Waals surface area (Å²) in [5.74, 6) is -1.66. The zero-order valence-electron chi connectivity index (χ0n) is 19.6. The van der Waals surface area contributed by atoms with Gasteiger partial charge in [0.25, 0.3) is 0 Å². The highest BCUT2D eigenvalue weighted by molar-refractivity contribution is 7.89. The molecule has 9 heteroatoms. The summed E-state index contributed by atoms with van der Waals surface area (Å²) in [5.41, 5.74) is 2.40. The van der Waals surface area contributed by atoms with Crippen LogP contribution in [0.4, 0.5) is 0 Å². The van der Waals surface area contributed by atoms with Crippen molar-refractivity contribution in [3.63, 3.8) is 0 Å². The van der Waals surface area contributed by atoms with Crippen LogP contribution in [-0.2, 0) is 26.0 Å². The smallest absolute Gasteiger partial charge is 0.321 e. The van der Waals surface area contributed by atoms with Crippen LogP contribution in [0.3, 0.4) is 0 Å². The average molecular weight is 509 g/mol. The van der Waals surface area contributed by atoms with Gasteiger partial charge in [-0.15, -0.1) is 0 Å². The van der Waals surface area contributed by atoms with E-state index < -0.39 is 22.0 Å². The molecule has 0 saturated carbocycles. The van der Waals surface area contributed by atoms with Gasteiger partial charge in [0.05, 0.1) is 4.90 Å². The van der Waals surface area contributed by atoms with E-state index in [4.69, 9.17) is 4.42 Å². The van der Waals surface area contributed by atoms with Gasteiger partial charge in [0.2, 0.25) is 15.9 Å². The first-order valence-electron chi connectivity index (χ1n) is 11.8. The van der Waals surface area contributed by atoms with Crippen molar-refractivity contribution < 1.29 is 27.5 Å². The molecule has 0 radical (unpaired) electrons. The van der Waals surface area contributed by atoms with E-state index in [1.807, 2.05) is 36.4 Å². The number of carbonyl (C=O) groups excluding carboxylic acids is 1. The summed E-state index contributed by atoms with van der Waals surface area (Å²) in [6, 6.07) is 20.3. The minimum Gasteiger partial charge on any atom is -0.480 e. The molecule has 1 heterocycles. The van der Waals surface area contributed by atoms with Crippen LogP contribution >= 0.6 is 0 Å². The summed E-state index contributed by atoms with van der Waals surface area (Å²) < 4.78 is 33.8. The number of aliphatic carboxylic acids is 1. The predicted octanol–water partition coefficient (Wildman–Crippen LogP) is 4.24. The van der Waals surface area contributed by atoms with Crippen molar-refractivity contribution in [2.45, 2.75) is 43.0 Å². The third-order valence-electron chi connectivity index (χ3n) is 5.97. The second kappa shape index (κ2) is 11.4. The number of benzene rings is 3. The molecule has 1 amide bonds. The summed E-state index contributed by atoms with van der Waals surface area (Å²) in [6.07, 6.45) is 2.35. The van der Waals surface area contributed by atoms with E-state index in [-0.39, 0.29) is 23.6 Å². The van der Waals surface area contributed by atoms with Crippen LogP contribution in [0, 0.1) is 0 Å². The Labute approximate surface area is 209 Å². The summed E-state index contributed by atoms with van der Waals surface area (Å²) in [4.78, 5) is 23.8. The maximum atomic E-state index is 12.9. The summed E-state index contributed by atoms with van der Waals surface area (Å²) in [7, 11) is -4.15. The Morgan fingerprint density at radius 1 is 0.889 bits per heavy atom. The maximum Gasteiger partial charge on any atom is 0.321 e. The second-order valence-corrected chi connectivity index (χ2v) is 10.3. The van der Waals surface area contributed by atoms with Crippen LogP contribution in [0.25, 0.3) is 21.9 Å². The Kier molecular flexibility index (Phi) is 8.02. The highest BCUT2D eigenvalue weighted by Crippen LogP contribution is 2.30. The number of furan rings is 1. The van der Waals surface area contributed by atoms with Crippen LogP contribution in [0.5, 0.6) is 0 Å². The van der Waals surface area contributed by atoms with Crippen molar-refractivity contribution in [3.8, 4) is 0 Å². The molecule has 8 nitrogen and oxygen atoms in total. The molecule has 1 atom stereocenters. The molecular formula is C27H28N2O6S. The molecule has 0 bridgehead atoms. The highest BCUT2D eigenvalue weighted by atomic mass is 32.2. The standard InChI is InChI=1S/C27H28N2O6S/c30-26(28-17-7-6-10-19-8-2-1-3-9-19)16-14-23(27(31)32)29-36(33,34)20-13-15-25-22(18-20)21-11-4-5-12-24(21)35-25/h1-5,8-9,11-13,15,18,23,29H,6-7,10,14,16-17H2,(H,28,30)(H,31,32). The third kappa shape index (κ3) is 6.30. The first kappa shape index (κ1) is 25.4. The molecule has 4 aromatic rings. The normalized spacial score (nSPS) is 12.6. The van der Waals surface area contributed by atoms with Gasteiger partial charge < -0.3 is 14.8 Å². The molecule has 0 aliphatic carbocycles. The Bertz CT molecular complexity index is 1460. The lowest BCUT2D eigenvalue weighted by atomic mass is 10.1. The van der Waals surface area contributed by atoms with Gasteiger partial charge in [-0.25, -0.2) is 8.42 Å². The second-order valence-electron chi connectivity index (χ2n) is 8.60. The minimum atomic E-state index is -4.15. The molecule has 3 N–H and O–H groups in total. The lowest BCUT2D eigenvalue weighted by Crippen LogP contribution is -2.41. The average Bonchev–Trinajstić information content (AvgIpc) is 3.25. The van der Waals surface area contributed by atoms with Crippen LogP contribution in [0.2, 0.25) is 0 Å². The van der Waals surface area contributed by atoms with Gasteiger partial charge in [0, 0.05) is 23.7 Å². The SMILES string of the molecule is O=C(CCC(NS(=O)(=O)c1ccc2oc3ccccc3c2c1)C(=O)O)NCCCCc1ccccc1. The number of carboxylic acids is 1. The Morgan fingerprint density at radius 2 is 1.61 bits per heavy atom. The van der Waals surface area contributed by atoms with Crippen LogP contribution in [0.15, 0.2) is 82.1 Å². The molecule has 1 unspecified atom stereocenters. The number of amides is 1. The Morgan fingerprint density at radius 3 is 2.39 bits per heavy atom. The van der Waals surface area contributed by atoms with E-state index >= 15 is 0 Å². The van der Waals surface area contributed by atoms with Crippen molar-refractivity contribution in [1.29, 1.82) is 0 Å². The number of unbranched alkanes of at least 4 members (excludes halogenated alkanes) is 1. The van der Waals surface area contributed by atoms with Crippen molar-refractivity contribution in [1.82, 2.24) is 10.0 Å². The topological polar surface area (TPSA) is 126 Å². The van der Waals surface area contributed by atoms with Gasteiger partial charge in [0.15, 0.2) is 0 Å². The van der Waals surface area contributed by atoms with Gasteiger partial charge in [0.1, 0.15) is 17.2 Å². The van der Waals surface area contributed by atoms with E-state index in [2.05, 4.69) is 22.2 Å². The van der Waals surface area contributed by atoms with Gasteiger partial charge >= 0.3 is 5.97 Å². The van der Waals surface area contributed by atoms with Crippen molar-refractivity contribution >= 4 is 43.8 Å². The van der Waals surface area contributed by atoms with E-state index in [1.165, 1.54) is 17.7 Å².